The van der Waals surface area contributed by atoms with Crippen LogP contribution in [0.5, 0.6) is 5.75 Å². The van der Waals surface area contributed by atoms with E-state index < -0.39 is 35.0 Å². The molecule has 0 aliphatic carbocycles. The highest BCUT2D eigenvalue weighted by molar-refractivity contribution is 7.91. The van der Waals surface area contributed by atoms with Crippen LogP contribution in [0.2, 0.25) is 0 Å². The van der Waals surface area contributed by atoms with Crippen LogP contribution in [0, 0.1) is 0 Å². The molecule has 0 aromatic carbocycles. The Morgan fingerprint density at radius 3 is 2.00 bits per heavy atom. The summed E-state index contributed by atoms with van der Waals surface area (Å²) in [6, 6.07) is 0. The third-order valence-corrected chi connectivity index (χ3v) is 4.71. The van der Waals surface area contributed by atoms with Crippen molar-refractivity contribution in [3.05, 3.63) is 5.38 Å². The third-order valence-electron chi connectivity index (χ3n) is 1.24. The average Bonchev–Trinajstić information content (AvgIpc) is 2.26. The second kappa shape index (κ2) is 3.17. The van der Waals surface area contributed by atoms with E-state index in [9.17, 15) is 16.8 Å². The van der Waals surface area contributed by atoms with Crippen molar-refractivity contribution in [3.63, 3.8) is 0 Å². The first-order chi connectivity index (χ1) is 6.14. The Morgan fingerprint density at radius 1 is 1.29 bits per heavy atom. The first kappa shape index (κ1) is 11.4. The lowest BCUT2D eigenvalue weighted by Crippen LogP contribution is -2.10. The molecule has 0 aliphatic rings. The summed E-state index contributed by atoms with van der Waals surface area (Å²) in [4.78, 5) is -0.869. The minimum atomic E-state index is -4.63. The van der Waals surface area contributed by atoms with Gasteiger partial charge in [0.05, 0.1) is 0 Å². The molecule has 0 unspecified atom stereocenters. The van der Waals surface area contributed by atoms with Gasteiger partial charge in [0, 0.05) is 5.38 Å². The number of hydrogen-bond acceptors (Lipinski definition) is 6. The van der Waals surface area contributed by atoms with Crippen molar-refractivity contribution >= 4 is 31.5 Å². The van der Waals surface area contributed by atoms with Gasteiger partial charge in [-0.15, -0.1) is 11.3 Å². The van der Waals surface area contributed by atoms with Crippen molar-refractivity contribution in [1.82, 2.24) is 0 Å². The topological polar surface area (TPSA) is 135 Å². The van der Waals surface area contributed by atoms with Gasteiger partial charge in [0.2, 0.25) is 0 Å². The maximum Gasteiger partial charge on any atom is 0.299 e. The normalized spacial score (nSPS) is 13.0. The Bertz CT molecular complexity index is 502. The van der Waals surface area contributed by atoms with E-state index in [1.54, 1.807) is 0 Å². The summed E-state index contributed by atoms with van der Waals surface area (Å²) in [6.45, 7) is 0. The van der Waals surface area contributed by atoms with Crippen LogP contribution in [0.1, 0.15) is 0 Å². The molecule has 0 amide bonds. The van der Waals surface area contributed by atoms with Crippen LogP contribution in [0.3, 0.4) is 0 Å². The minimum Gasteiger partial charge on any atom is -0.504 e. The Morgan fingerprint density at radius 2 is 1.79 bits per heavy atom. The first-order valence-electron chi connectivity index (χ1n) is 2.95. The van der Waals surface area contributed by atoms with Crippen LogP contribution in [0.15, 0.2) is 14.5 Å². The zero-order chi connectivity index (χ0) is 11.1. The number of rotatable bonds is 2. The van der Waals surface area contributed by atoms with E-state index >= 15 is 0 Å². The van der Waals surface area contributed by atoms with E-state index in [0.29, 0.717) is 11.3 Å². The highest BCUT2D eigenvalue weighted by Gasteiger charge is 2.26. The number of sulfonamides is 1. The summed E-state index contributed by atoms with van der Waals surface area (Å²) in [5.41, 5.74) is 0. The number of aromatic hydroxyl groups is 1. The molecular formula is C4H5NO6S3. The lowest BCUT2D eigenvalue weighted by molar-refractivity contribution is 0.436. The number of nitrogens with two attached hydrogens (primary N) is 1. The fourth-order valence-corrected chi connectivity index (χ4v) is 3.42. The monoisotopic (exact) mass is 259 g/mol. The number of thiophene rings is 1. The molecule has 80 valence electrons. The Balaban J connectivity index is 3.53. The molecule has 0 saturated heterocycles. The van der Waals surface area contributed by atoms with Crippen LogP contribution in [0.4, 0.5) is 0 Å². The summed E-state index contributed by atoms with van der Waals surface area (Å²) < 4.78 is 50.4. The summed E-state index contributed by atoms with van der Waals surface area (Å²) in [5, 5.41) is 14.6. The molecule has 1 aromatic rings. The van der Waals surface area contributed by atoms with E-state index in [4.69, 9.17) is 9.66 Å². The van der Waals surface area contributed by atoms with Crippen molar-refractivity contribution < 1.29 is 26.5 Å². The molecule has 1 heterocycles. The standard InChI is InChI=1S/C4H5NO6S3/c5-13(7,8)4-3(6)2(1-12-4)14(9,10)11/h1,6H,(H2,5,7,8)(H,9,10,11). The second-order valence-corrected chi connectivity index (χ2v) is 6.28. The molecule has 1 rings (SSSR count). The van der Waals surface area contributed by atoms with E-state index in [1.165, 1.54) is 0 Å². The van der Waals surface area contributed by atoms with Crippen LogP contribution in [0.25, 0.3) is 0 Å². The van der Waals surface area contributed by atoms with Crippen molar-refractivity contribution in [2.75, 3.05) is 0 Å². The third kappa shape index (κ3) is 2.04. The van der Waals surface area contributed by atoms with E-state index in [-0.39, 0.29) is 0 Å². The number of hydrogen-bond donors (Lipinski definition) is 3. The second-order valence-electron chi connectivity index (χ2n) is 2.26. The molecule has 0 spiro atoms. The summed E-state index contributed by atoms with van der Waals surface area (Å²) in [7, 11) is -8.81. The van der Waals surface area contributed by atoms with Crippen LogP contribution < -0.4 is 5.14 Å². The number of primary sulfonamides is 1. The molecule has 0 atom stereocenters. The molecular weight excluding hydrogens is 254 g/mol. The SMILES string of the molecule is NS(=O)(=O)c1scc(S(=O)(=O)O)c1O. The molecule has 0 fully saturated rings. The Hall–Kier alpha value is -0.680. The Kier molecular flexibility index (Phi) is 2.58. The molecule has 0 radical (unpaired) electrons. The quantitative estimate of drug-likeness (QED) is 0.604. The molecule has 7 nitrogen and oxygen atoms in total. The lowest BCUT2D eigenvalue weighted by Gasteiger charge is -1.95. The van der Waals surface area contributed by atoms with Crippen molar-refractivity contribution in [1.29, 1.82) is 0 Å². The van der Waals surface area contributed by atoms with Crippen LogP contribution in [-0.4, -0.2) is 26.5 Å². The molecule has 4 N–H and O–H groups in total. The van der Waals surface area contributed by atoms with Crippen molar-refractivity contribution in [3.8, 4) is 5.75 Å². The first-order valence-corrected chi connectivity index (χ1v) is 6.81. The van der Waals surface area contributed by atoms with Gasteiger partial charge in [-0.3, -0.25) is 4.55 Å². The van der Waals surface area contributed by atoms with E-state index in [1.807, 2.05) is 0 Å². The van der Waals surface area contributed by atoms with Gasteiger partial charge >= 0.3 is 0 Å². The van der Waals surface area contributed by atoms with Gasteiger partial charge in [-0.05, 0) is 0 Å². The van der Waals surface area contributed by atoms with Gasteiger partial charge < -0.3 is 5.11 Å². The van der Waals surface area contributed by atoms with Crippen molar-refractivity contribution in [2.45, 2.75) is 9.10 Å². The maximum atomic E-state index is 10.7. The smallest absolute Gasteiger partial charge is 0.299 e. The average molecular weight is 259 g/mol. The maximum absolute atomic E-state index is 10.7. The Labute approximate surface area is 83.6 Å². The van der Waals surface area contributed by atoms with Gasteiger partial charge in [0.1, 0.15) is 4.90 Å². The van der Waals surface area contributed by atoms with Gasteiger partial charge in [-0.25, -0.2) is 13.6 Å². The predicted octanol–water partition coefficient (Wildman–Crippen LogP) is -0.652. The summed E-state index contributed by atoms with van der Waals surface area (Å²) in [6.07, 6.45) is 0. The van der Waals surface area contributed by atoms with E-state index in [2.05, 4.69) is 5.14 Å². The fourth-order valence-electron chi connectivity index (χ4n) is 0.704. The molecule has 0 aliphatic heterocycles. The van der Waals surface area contributed by atoms with E-state index in [0.717, 1.165) is 5.38 Å². The van der Waals surface area contributed by atoms with Crippen LogP contribution in [-0.2, 0) is 20.1 Å². The minimum absolute atomic E-state index is 0.408. The molecule has 10 heteroatoms. The van der Waals surface area contributed by atoms with Gasteiger partial charge in [-0.1, -0.05) is 0 Å². The van der Waals surface area contributed by atoms with Gasteiger partial charge in [-0.2, -0.15) is 8.42 Å². The zero-order valence-electron chi connectivity index (χ0n) is 6.41. The predicted molar refractivity (Wildman–Crippen MR) is 47.2 cm³/mol. The largest absolute Gasteiger partial charge is 0.504 e. The summed E-state index contributed by atoms with van der Waals surface area (Å²) in [5.74, 6) is -1.06. The van der Waals surface area contributed by atoms with Crippen LogP contribution >= 0.6 is 11.3 Å². The van der Waals surface area contributed by atoms with Gasteiger partial charge in [0.15, 0.2) is 9.96 Å². The molecule has 1 aromatic heterocycles. The highest BCUT2D eigenvalue weighted by atomic mass is 32.2. The highest BCUT2D eigenvalue weighted by Crippen LogP contribution is 2.35. The fraction of sp³-hybridized carbons (Fsp3) is 0. The molecule has 0 saturated carbocycles. The zero-order valence-corrected chi connectivity index (χ0v) is 8.86. The van der Waals surface area contributed by atoms with Crippen molar-refractivity contribution in [2.24, 2.45) is 5.14 Å². The summed E-state index contributed by atoms with van der Waals surface area (Å²) >= 11 is 0.408. The molecule has 14 heavy (non-hydrogen) atoms. The lowest BCUT2D eigenvalue weighted by atomic mass is 10.6. The van der Waals surface area contributed by atoms with Gasteiger partial charge in [0.25, 0.3) is 20.1 Å². The molecule has 0 bridgehead atoms.